The average molecular weight is 321 g/mol. The molecule has 1 aromatic carbocycles. The maximum Gasteiger partial charge on any atom is 0.264 e. The van der Waals surface area contributed by atoms with Crippen LogP contribution in [-0.4, -0.2) is 43.7 Å². The summed E-state index contributed by atoms with van der Waals surface area (Å²) in [6.45, 7) is 4.40. The van der Waals surface area contributed by atoms with Crippen LogP contribution in [0.5, 0.6) is 5.75 Å². The first-order chi connectivity index (χ1) is 10.7. The lowest BCUT2D eigenvalue weighted by Gasteiger charge is -2.26. The number of benzene rings is 1. The van der Waals surface area contributed by atoms with Crippen molar-refractivity contribution in [1.82, 2.24) is 4.90 Å². The molecule has 1 fully saturated rings. The predicted molar refractivity (Wildman–Crippen MR) is 83.6 cm³/mol. The van der Waals surface area contributed by atoms with Crippen LogP contribution in [0.2, 0.25) is 5.02 Å². The molecule has 1 heterocycles. The van der Waals surface area contributed by atoms with Gasteiger partial charge < -0.3 is 14.4 Å². The van der Waals surface area contributed by atoms with Crippen molar-refractivity contribution in [2.45, 2.75) is 6.92 Å². The number of amides is 1. The maximum absolute atomic E-state index is 12.3. The smallest absolute Gasteiger partial charge is 0.264 e. The summed E-state index contributed by atoms with van der Waals surface area (Å²) >= 11 is 6.11. The molecule has 5 nitrogen and oxygen atoms in total. The van der Waals surface area contributed by atoms with E-state index in [4.69, 9.17) is 21.1 Å². The minimum Gasteiger partial charge on any atom is -0.492 e. The molecule has 0 radical (unpaired) electrons. The molecule has 0 N–H and O–H groups in total. The van der Waals surface area contributed by atoms with Gasteiger partial charge in [-0.05, 0) is 30.7 Å². The average Bonchev–Trinajstić information content (AvgIpc) is 2.55. The van der Waals surface area contributed by atoms with Gasteiger partial charge in [0, 0.05) is 13.1 Å². The molecule has 0 spiro atoms. The highest BCUT2D eigenvalue weighted by Gasteiger charge is 2.20. The van der Waals surface area contributed by atoms with E-state index in [9.17, 15) is 10.1 Å². The van der Waals surface area contributed by atoms with E-state index in [-0.39, 0.29) is 11.5 Å². The van der Waals surface area contributed by atoms with Gasteiger partial charge in [-0.1, -0.05) is 17.7 Å². The number of halogens is 1. The second-order valence-corrected chi connectivity index (χ2v) is 5.10. The first kappa shape index (κ1) is 16.3. The molecule has 116 valence electrons. The van der Waals surface area contributed by atoms with E-state index in [1.54, 1.807) is 29.2 Å². The number of nitrogens with zero attached hydrogens (tertiary/aromatic N) is 2. The quantitative estimate of drug-likeness (QED) is 0.631. The Hall–Kier alpha value is -2.03. The summed E-state index contributed by atoms with van der Waals surface area (Å²) < 4.78 is 10.6. The van der Waals surface area contributed by atoms with Crippen molar-refractivity contribution in [3.8, 4) is 11.8 Å². The minimum absolute atomic E-state index is 0.0853. The molecule has 0 saturated carbocycles. The second-order valence-electron chi connectivity index (χ2n) is 4.70. The molecule has 0 aromatic heterocycles. The Morgan fingerprint density at radius 1 is 1.50 bits per heavy atom. The fourth-order valence-electron chi connectivity index (χ4n) is 2.12. The Morgan fingerprint density at radius 2 is 2.23 bits per heavy atom. The van der Waals surface area contributed by atoms with Gasteiger partial charge in [0.1, 0.15) is 17.4 Å². The van der Waals surface area contributed by atoms with Crippen LogP contribution in [0.25, 0.3) is 6.08 Å². The Labute approximate surface area is 134 Å². The van der Waals surface area contributed by atoms with E-state index >= 15 is 0 Å². The van der Waals surface area contributed by atoms with Crippen molar-refractivity contribution in [1.29, 1.82) is 5.26 Å². The van der Waals surface area contributed by atoms with Gasteiger partial charge in [0.25, 0.3) is 5.91 Å². The minimum atomic E-state index is -0.282. The second kappa shape index (κ2) is 7.83. The third-order valence-corrected chi connectivity index (χ3v) is 3.51. The van der Waals surface area contributed by atoms with E-state index in [1.807, 2.05) is 13.0 Å². The number of nitriles is 1. The fourth-order valence-corrected chi connectivity index (χ4v) is 2.37. The summed E-state index contributed by atoms with van der Waals surface area (Å²) in [5, 5.41) is 9.69. The predicted octanol–water partition coefficient (Wildman–Crippen LogP) is 2.50. The van der Waals surface area contributed by atoms with Gasteiger partial charge in [0.05, 0.1) is 24.8 Å². The number of hydrogen-bond donors (Lipinski definition) is 0. The molecule has 0 atom stereocenters. The van der Waals surface area contributed by atoms with Crippen LogP contribution in [0, 0.1) is 11.3 Å². The lowest BCUT2D eigenvalue weighted by atomic mass is 10.1. The van der Waals surface area contributed by atoms with Gasteiger partial charge >= 0.3 is 0 Å². The van der Waals surface area contributed by atoms with Gasteiger partial charge in [-0.3, -0.25) is 4.79 Å². The fraction of sp³-hybridized carbons (Fsp3) is 0.375. The zero-order valence-corrected chi connectivity index (χ0v) is 13.1. The van der Waals surface area contributed by atoms with E-state index in [0.717, 1.165) is 0 Å². The standard InChI is InChI=1S/C16H17ClN2O3/c1-2-22-15-4-3-12(10-14(15)17)9-13(11-18)16(20)19-5-7-21-8-6-19/h3-4,9-10H,2,5-8H2,1H3/b13-9-. The van der Waals surface area contributed by atoms with E-state index < -0.39 is 0 Å². The van der Waals surface area contributed by atoms with Crippen LogP contribution in [0.4, 0.5) is 0 Å². The molecule has 1 aromatic rings. The monoisotopic (exact) mass is 320 g/mol. The zero-order chi connectivity index (χ0) is 15.9. The molecular weight excluding hydrogens is 304 g/mol. The summed E-state index contributed by atoms with van der Waals surface area (Å²) in [7, 11) is 0. The molecule has 0 bridgehead atoms. The van der Waals surface area contributed by atoms with E-state index in [2.05, 4.69) is 0 Å². The first-order valence-electron chi connectivity index (χ1n) is 7.07. The van der Waals surface area contributed by atoms with Crippen molar-refractivity contribution >= 4 is 23.6 Å². The molecule has 6 heteroatoms. The Balaban J connectivity index is 2.19. The molecule has 1 aliphatic heterocycles. The molecule has 1 aliphatic rings. The van der Waals surface area contributed by atoms with E-state index in [0.29, 0.717) is 49.2 Å². The van der Waals surface area contributed by atoms with Crippen molar-refractivity contribution < 1.29 is 14.3 Å². The highest BCUT2D eigenvalue weighted by molar-refractivity contribution is 6.32. The van der Waals surface area contributed by atoms with Crippen LogP contribution >= 0.6 is 11.6 Å². The molecule has 22 heavy (non-hydrogen) atoms. The Kier molecular flexibility index (Phi) is 5.82. The number of ether oxygens (including phenoxy) is 2. The van der Waals surface area contributed by atoms with Crippen LogP contribution in [0.1, 0.15) is 12.5 Å². The van der Waals surface area contributed by atoms with Gasteiger partial charge in [-0.25, -0.2) is 0 Å². The number of rotatable bonds is 4. The number of hydrogen-bond acceptors (Lipinski definition) is 4. The van der Waals surface area contributed by atoms with Crippen LogP contribution < -0.4 is 4.74 Å². The lowest BCUT2D eigenvalue weighted by molar-refractivity contribution is -0.130. The largest absolute Gasteiger partial charge is 0.492 e. The van der Waals surface area contributed by atoms with Crippen molar-refractivity contribution in [3.63, 3.8) is 0 Å². The van der Waals surface area contributed by atoms with E-state index in [1.165, 1.54) is 0 Å². The summed E-state index contributed by atoms with van der Waals surface area (Å²) in [5.41, 5.74) is 0.772. The van der Waals surface area contributed by atoms with Crippen LogP contribution in [0.3, 0.4) is 0 Å². The summed E-state index contributed by atoms with van der Waals surface area (Å²) in [4.78, 5) is 13.9. The highest BCUT2D eigenvalue weighted by atomic mass is 35.5. The molecular formula is C16H17ClN2O3. The number of morpholine rings is 1. The van der Waals surface area contributed by atoms with Crippen molar-refractivity contribution in [2.24, 2.45) is 0 Å². The number of carbonyl (C=O) groups is 1. The van der Waals surface area contributed by atoms with Gasteiger partial charge in [-0.15, -0.1) is 0 Å². The molecule has 2 rings (SSSR count). The summed E-state index contributed by atoms with van der Waals surface area (Å²) in [5.74, 6) is 0.301. The molecule has 1 amide bonds. The van der Waals surface area contributed by atoms with Crippen LogP contribution in [-0.2, 0) is 9.53 Å². The third kappa shape index (κ3) is 4.00. The Bertz CT molecular complexity index is 616. The van der Waals surface area contributed by atoms with Crippen molar-refractivity contribution in [3.05, 3.63) is 34.4 Å². The van der Waals surface area contributed by atoms with Crippen LogP contribution in [0.15, 0.2) is 23.8 Å². The molecule has 1 saturated heterocycles. The van der Waals surface area contributed by atoms with Gasteiger partial charge in [0.15, 0.2) is 0 Å². The highest BCUT2D eigenvalue weighted by Crippen LogP contribution is 2.26. The normalized spacial score (nSPS) is 15.3. The topological polar surface area (TPSA) is 62.6 Å². The molecule has 0 unspecified atom stereocenters. The third-order valence-electron chi connectivity index (χ3n) is 3.22. The zero-order valence-electron chi connectivity index (χ0n) is 12.3. The summed E-state index contributed by atoms with van der Waals surface area (Å²) in [6, 6.07) is 7.13. The Morgan fingerprint density at radius 3 is 2.82 bits per heavy atom. The number of carbonyl (C=O) groups excluding carboxylic acids is 1. The molecule has 0 aliphatic carbocycles. The first-order valence-corrected chi connectivity index (χ1v) is 7.44. The van der Waals surface area contributed by atoms with Crippen molar-refractivity contribution in [2.75, 3.05) is 32.9 Å². The SMILES string of the molecule is CCOc1ccc(/C=C(/C#N)C(=O)N2CCOCC2)cc1Cl. The van der Waals surface area contributed by atoms with Gasteiger partial charge in [-0.2, -0.15) is 5.26 Å². The summed E-state index contributed by atoms with van der Waals surface area (Å²) in [6.07, 6.45) is 1.54. The lowest BCUT2D eigenvalue weighted by Crippen LogP contribution is -2.41. The van der Waals surface area contributed by atoms with Gasteiger partial charge in [0.2, 0.25) is 0 Å². The maximum atomic E-state index is 12.3.